The van der Waals surface area contributed by atoms with E-state index in [1.807, 2.05) is 30.3 Å². The third-order valence-corrected chi connectivity index (χ3v) is 6.67. The minimum Gasteiger partial charge on any atom is -1.00 e. The summed E-state index contributed by atoms with van der Waals surface area (Å²) in [6, 6.07) is 17.8. The molecule has 3 heterocycles. The number of fused-ring (bicyclic) bond motifs is 5. The van der Waals surface area contributed by atoms with E-state index < -0.39 is 0 Å². The molecule has 0 spiro atoms. The van der Waals surface area contributed by atoms with Crippen LogP contribution in [0.15, 0.2) is 60.8 Å². The Morgan fingerprint density at radius 1 is 0.944 bits per heavy atom. The van der Waals surface area contributed by atoms with Crippen LogP contribution >= 0.6 is 11.6 Å². The average molecular weight is 571 g/mol. The number of hydrogen-bond donors (Lipinski definition) is 0. The third kappa shape index (κ3) is 4.65. The van der Waals surface area contributed by atoms with Gasteiger partial charge in [0.05, 0.1) is 31.3 Å². The predicted octanol–water partition coefficient (Wildman–Crippen LogP) is 2.59. The van der Waals surface area contributed by atoms with Gasteiger partial charge in [-0.2, -0.15) is 4.57 Å². The van der Waals surface area contributed by atoms with E-state index in [9.17, 15) is 0 Å². The molecule has 2 aliphatic rings. The van der Waals surface area contributed by atoms with Gasteiger partial charge in [0.2, 0.25) is 12.5 Å². The quantitative estimate of drug-likeness (QED) is 0.253. The van der Waals surface area contributed by atoms with Crippen molar-refractivity contribution >= 4 is 22.4 Å². The highest BCUT2D eigenvalue weighted by molar-refractivity contribution is 6.30. The fraction of sp³-hybridized carbons (Fsp3) is 0.250. The van der Waals surface area contributed by atoms with Crippen LogP contribution in [0, 0.1) is 0 Å². The Labute approximate surface area is 225 Å². The van der Waals surface area contributed by atoms with Crippen LogP contribution in [0.25, 0.3) is 22.0 Å². The van der Waals surface area contributed by atoms with Gasteiger partial charge in [0.25, 0.3) is 0 Å². The zero-order valence-corrected chi connectivity index (χ0v) is 22.1. The van der Waals surface area contributed by atoms with Crippen molar-refractivity contribution in [2.24, 2.45) is 0 Å². The molecule has 0 saturated heterocycles. The zero-order valence-electron chi connectivity index (χ0n) is 19.8. The van der Waals surface area contributed by atoms with Gasteiger partial charge >= 0.3 is 0 Å². The molecule has 3 aromatic carbocycles. The first kappa shape index (κ1) is 24.5. The average Bonchev–Trinajstić information content (AvgIpc) is 3.34. The lowest BCUT2D eigenvalue weighted by Crippen LogP contribution is -3.00. The second-order valence-corrected chi connectivity index (χ2v) is 9.01. The number of benzene rings is 3. The number of hydrogen-bond acceptors (Lipinski definition) is 5. The zero-order chi connectivity index (χ0) is 23.8. The number of aryl methyl sites for hydroxylation is 2. The van der Waals surface area contributed by atoms with E-state index in [-0.39, 0.29) is 23.8 Å². The maximum atomic E-state index is 6.24. The third-order valence-electron chi connectivity index (χ3n) is 6.41. The molecule has 8 heteroatoms. The first-order chi connectivity index (χ1) is 17.2. The summed E-state index contributed by atoms with van der Waals surface area (Å²) >= 11 is 5.93. The van der Waals surface area contributed by atoms with E-state index in [0.29, 0.717) is 18.2 Å². The normalized spacial score (nSPS) is 12.9. The summed E-state index contributed by atoms with van der Waals surface area (Å²) in [7, 11) is 1.67. The molecule has 0 fully saturated rings. The van der Waals surface area contributed by atoms with E-state index in [0.717, 1.165) is 64.6 Å². The van der Waals surface area contributed by atoms with Gasteiger partial charge in [-0.1, -0.05) is 11.6 Å². The van der Waals surface area contributed by atoms with Crippen LogP contribution in [-0.4, -0.2) is 27.1 Å². The summed E-state index contributed by atoms with van der Waals surface area (Å²) in [5.41, 5.74) is 3.61. The van der Waals surface area contributed by atoms with Crippen molar-refractivity contribution in [3.05, 3.63) is 71.4 Å². The molecule has 6 rings (SSSR count). The minimum atomic E-state index is 0. The van der Waals surface area contributed by atoms with E-state index in [1.54, 1.807) is 7.11 Å². The number of aromatic nitrogens is 1. The second-order valence-electron chi connectivity index (χ2n) is 8.57. The Morgan fingerprint density at radius 3 is 2.53 bits per heavy atom. The fourth-order valence-corrected chi connectivity index (χ4v) is 4.79. The second kappa shape index (κ2) is 10.4. The number of pyridine rings is 1. The molecular weight excluding hydrogens is 546 g/mol. The van der Waals surface area contributed by atoms with Crippen LogP contribution < -0.4 is 45.2 Å². The first-order valence-electron chi connectivity index (χ1n) is 11.7. The maximum Gasteiger partial charge on any atom is 0.231 e. The van der Waals surface area contributed by atoms with E-state index in [2.05, 4.69) is 35.0 Å². The van der Waals surface area contributed by atoms with Crippen LogP contribution in [0.1, 0.15) is 12.0 Å². The summed E-state index contributed by atoms with van der Waals surface area (Å²) in [6.07, 6.45) is 3.83. The van der Waals surface area contributed by atoms with Crippen molar-refractivity contribution in [1.29, 1.82) is 0 Å². The molecule has 4 aromatic rings. The van der Waals surface area contributed by atoms with Crippen molar-refractivity contribution in [3.8, 4) is 40.0 Å². The summed E-state index contributed by atoms with van der Waals surface area (Å²) in [5, 5.41) is 2.81. The van der Waals surface area contributed by atoms with E-state index in [4.69, 9.17) is 35.3 Å². The smallest absolute Gasteiger partial charge is 0.231 e. The van der Waals surface area contributed by atoms with Gasteiger partial charge in [0.15, 0.2) is 35.7 Å². The number of ether oxygens (including phenoxy) is 5. The molecule has 0 radical (unpaired) electrons. The predicted molar refractivity (Wildman–Crippen MR) is 133 cm³/mol. The number of rotatable bonds is 7. The largest absolute Gasteiger partial charge is 1.00 e. The van der Waals surface area contributed by atoms with Gasteiger partial charge in [-0.05, 0) is 59.5 Å². The van der Waals surface area contributed by atoms with Gasteiger partial charge < -0.3 is 40.7 Å². The molecule has 0 saturated carbocycles. The molecule has 6 nitrogen and oxygen atoms in total. The van der Waals surface area contributed by atoms with Crippen LogP contribution in [0.3, 0.4) is 0 Å². The number of nitrogens with zero attached hydrogens (tertiary/aromatic N) is 1. The molecule has 36 heavy (non-hydrogen) atoms. The number of methoxy groups -OCH3 is 1. The monoisotopic (exact) mass is 569 g/mol. The Morgan fingerprint density at radius 2 is 1.72 bits per heavy atom. The number of halogens is 2. The van der Waals surface area contributed by atoms with Crippen LogP contribution in [0.5, 0.6) is 28.7 Å². The summed E-state index contributed by atoms with van der Waals surface area (Å²) in [5.74, 6) is 3.90. The Balaban J connectivity index is 0.00000267. The van der Waals surface area contributed by atoms with E-state index >= 15 is 0 Å². The van der Waals surface area contributed by atoms with Crippen LogP contribution in [0.4, 0.5) is 0 Å². The van der Waals surface area contributed by atoms with E-state index in [1.165, 1.54) is 11.1 Å². The lowest BCUT2D eigenvalue weighted by molar-refractivity contribution is -0.686. The Hall–Kier alpha value is -3.16. The molecule has 0 bridgehead atoms. The minimum absolute atomic E-state index is 0. The molecule has 0 N–H and O–H groups in total. The van der Waals surface area contributed by atoms with Crippen molar-refractivity contribution in [1.82, 2.24) is 0 Å². The molecule has 0 unspecified atom stereocenters. The van der Waals surface area contributed by atoms with Crippen molar-refractivity contribution < 1.29 is 45.2 Å². The highest BCUT2D eigenvalue weighted by Crippen LogP contribution is 2.41. The van der Waals surface area contributed by atoms with Crippen molar-refractivity contribution in [2.45, 2.75) is 19.4 Å². The Kier molecular flexibility index (Phi) is 7.12. The van der Waals surface area contributed by atoms with Gasteiger partial charge in [0, 0.05) is 23.9 Å². The highest BCUT2D eigenvalue weighted by atomic mass is 79.9. The van der Waals surface area contributed by atoms with Gasteiger partial charge in [-0.25, -0.2) is 0 Å². The molecule has 0 atom stereocenters. The molecule has 1 aromatic heterocycles. The molecular formula is C28H25BrClNO5. The van der Waals surface area contributed by atoms with Crippen molar-refractivity contribution in [2.75, 3.05) is 27.1 Å². The summed E-state index contributed by atoms with van der Waals surface area (Å²) in [4.78, 5) is 0. The molecule has 2 aliphatic heterocycles. The summed E-state index contributed by atoms with van der Waals surface area (Å²) in [6.45, 7) is 2.22. The van der Waals surface area contributed by atoms with Crippen LogP contribution in [0.2, 0.25) is 5.02 Å². The first-order valence-corrected chi connectivity index (χ1v) is 12.1. The van der Waals surface area contributed by atoms with Gasteiger partial charge in [0.1, 0.15) is 5.75 Å². The molecule has 0 amide bonds. The van der Waals surface area contributed by atoms with Gasteiger partial charge in [-0.15, -0.1) is 0 Å². The lowest BCUT2D eigenvalue weighted by Gasteiger charge is -2.18. The fourth-order valence-electron chi connectivity index (χ4n) is 4.66. The lowest BCUT2D eigenvalue weighted by atomic mass is 9.95. The highest BCUT2D eigenvalue weighted by Gasteiger charge is 2.28. The standard InChI is InChI=1S/C28H25ClNO5.BrH/c1-31-25-8-3-18-13-24-22-15-27-26(34-17-35-27)14-19(22)9-10-30(24)16-23(18)28(25)33-12-2-11-32-21-6-4-20(29)5-7-21;/h3-8,13-16H,2,9-12,17H2,1H3;1H/q+1;/p-1. The maximum absolute atomic E-state index is 6.24. The van der Waals surface area contributed by atoms with Gasteiger partial charge in [-0.3, -0.25) is 0 Å². The molecule has 186 valence electrons. The Bertz CT molecular complexity index is 1410. The molecule has 0 aliphatic carbocycles. The van der Waals surface area contributed by atoms with Crippen molar-refractivity contribution in [3.63, 3.8) is 0 Å². The topological polar surface area (TPSA) is 50.0 Å². The SMILES string of the molecule is COc1ccc2cc3[n+](cc2c1OCCCOc1ccc(Cl)cc1)CCc1cc2c(cc1-3)OCO2.[Br-]. The van der Waals surface area contributed by atoms with Crippen LogP contribution in [-0.2, 0) is 13.0 Å². The summed E-state index contributed by atoms with van der Waals surface area (Å²) < 4.78 is 31.2.